The van der Waals surface area contributed by atoms with Gasteiger partial charge < -0.3 is 10.1 Å². The second-order valence-electron chi connectivity index (χ2n) is 6.29. The van der Waals surface area contributed by atoms with E-state index in [-0.39, 0.29) is 5.91 Å². The van der Waals surface area contributed by atoms with Gasteiger partial charge in [-0.2, -0.15) is 0 Å². The van der Waals surface area contributed by atoms with Crippen molar-refractivity contribution in [3.05, 3.63) is 70.6 Å². The SMILES string of the molecule is CCOC(=O)c1sc(NC(=O)c2ccccc2)c(-c2nc3ccccc3s2)c1C. The average molecular weight is 423 g/mol. The van der Waals surface area contributed by atoms with E-state index >= 15 is 0 Å². The van der Waals surface area contributed by atoms with Crippen LogP contribution >= 0.6 is 22.7 Å². The van der Waals surface area contributed by atoms with Gasteiger partial charge in [-0.3, -0.25) is 4.79 Å². The summed E-state index contributed by atoms with van der Waals surface area (Å²) < 4.78 is 6.25. The van der Waals surface area contributed by atoms with Gasteiger partial charge >= 0.3 is 5.97 Å². The molecule has 0 unspecified atom stereocenters. The van der Waals surface area contributed by atoms with E-state index < -0.39 is 5.97 Å². The van der Waals surface area contributed by atoms with Gasteiger partial charge in [-0.1, -0.05) is 30.3 Å². The zero-order valence-corrected chi connectivity index (χ0v) is 17.5. The van der Waals surface area contributed by atoms with Crippen LogP contribution in [0.1, 0.15) is 32.5 Å². The lowest BCUT2D eigenvalue weighted by molar-refractivity contribution is 0.0531. The van der Waals surface area contributed by atoms with Crippen LogP contribution in [0.3, 0.4) is 0 Å². The fraction of sp³-hybridized carbons (Fsp3) is 0.136. The lowest BCUT2D eigenvalue weighted by atomic mass is 10.1. The van der Waals surface area contributed by atoms with Crippen molar-refractivity contribution < 1.29 is 14.3 Å². The number of ether oxygens (including phenoxy) is 1. The molecular formula is C22H18N2O3S2. The molecule has 0 radical (unpaired) electrons. The summed E-state index contributed by atoms with van der Waals surface area (Å²) in [5, 5.41) is 4.32. The molecule has 4 aromatic rings. The third kappa shape index (κ3) is 3.79. The molecular weight excluding hydrogens is 404 g/mol. The van der Waals surface area contributed by atoms with Gasteiger partial charge in [0.15, 0.2) is 0 Å². The fourth-order valence-electron chi connectivity index (χ4n) is 2.99. The van der Waals surface area contributed by atoms with Crippen molar-refractivity contribution >= 4 is 49.8 Å². The van der Waals surface area contributed by atoms with Gasteiger partial charge in [-0.15, -0.1) is 22.7 Å². The molecule has 0 fully saturated rings. The van der Waals surface area contributed by atoms with E-state index in [4.69, 9.17) is 9.72 Å². The van der Waals surface area contributed by atoms with Crippen LogP contribution in [0.4, 0.5) is 5.00 Å². The molecule has 0 saturated heterocycles. The first-order chi connectivity index (χ1) is 14.1. The standard InChI is InChI=1S/C22H18N2O3S2/c1-3-27-22(26)18-13(2)17(20-23-15-11-7-8-12-16(15)28-20)21(29-18)24-19(25)14-9-5-4-6-10-14/h4-12H,3H2,1-2H3,(H,24,25). The van der Waals surface area contributed by atoms with Crippen LogP contribution in [-0.4, -0.2) is 23.5 Å². The summed E-state index contributed by atoms with van der Waals surface area (Å²) >= 11 is 2.75. The molecule has 29 heavy (non-hydrogen) atoms. The molecule has 2 aromatic carbocycles. The predicted molar refractivity (Wildman–Crippen MR) is 118 cm³/mol. The molecule has 0 aliphatic rings. The number of fused-ring (bicyclic) bond motifs is 1. The molecule has 4 rings (SSSR count). The summed E-state index contributed by atoms with van der Waals surface area (Å²) in [6, 6.07) is 16.8. The summed E-state index contributed by atoms with van der Waals surface area (Å²) in [7, 11) is 0. The number of nitrogens with zero attached hydrogens (tertiary/aromatic N) is 1. The Labute approximate surface area is 176 Å². The molecule has 1 amide bonds. The Hall–Kier alpha value is -3.03. The van der Waals surface area contributed by atoms with E-state index in [9.17, 15) is 9.59 Å². The van der Waals surface area contributed by atoms with Gasteiger partial charge in [0.05, 0.1) is 16.8 Å². The summed E-state index contributed by atoms with van der Waals surface area (Å²) in [4.78, 5) is 30.4. The van der Waals surface area contributed by atoms with Crippen molar-refractivity contribution in [3.63, 3.8) is 0 Å². The van der Waals surface area contributed by atoms with E-state index in [1.165, 1.54) is 22.7 Å². The molecule has 146 valence electrons. The maximum absolute atomic E-state index is 12.7. The van der Waals surface area contributed by atoms with Gasteiger partial charge in [-0.25, -0.2) is 9.78 Å². The van der Waals surface area contributed by atoms with Crippen LogP contribution in [0.2, 0.25) is 0 Å². The normalized spacial score (nSPS) is 10.8. The Balaban J connectivity index is 1.81. The van der Waals surface area contributed by atoms with Gasteiger partial charge in [0.2, 0.25) is 0 Å². The Bertz CT molecular complexity index is 1160. The fourth-order valence-corrected chi connectivity index (χ4v) is 5.23. The van der Waals surface area contributed by atoms with Crippen molar-refractivity contribution in [1.29, 1.82) is 0 Å². The molecule has 0 saturated carbocycles. The number of carbonyl (C=O) groups is 2. The number of nitrogens with one attached hydrogen (secondary N) is 1. The van der Waals surface area contributed by atoms with Crippen molar-refractivity contribution in [1.82, 2.24) is 4.98 Å². The highest BCUT2D eigenvalue weighted by atomic mass is 32.1. The van der Waals surface area contributed by atoms with E-state index in [0.717, 1.165) is 26.4 Å². The number of anilines is 1. The number of para-hydroxylation sites is 1. The molecule has 2 heterocycles. The highest BCUT2D eigenvalue weighted by Gasteiger charge is 2.25. The average Bonchev–Trinajstić information content (AvgIpc) is 3.29. The minimum Gasteiger partial charge on any atom is -0.462 e. The lowest BCUT2D eigenvalue weighted by Crippen LogP contribution is -2.11. The topological polar surface area (TPSA) is 68.3 Å². The largest absolute Gasteiger partial charge is 0.462 e. The van der Waals surface area contributed by atoms with E-state index in [2.05, 4.69) is 5.32 Å². The van der Waals surface area contributed by atoms with E-state index in [0.29, 0.717) is 22.0 Å². The maximum Gasteiger partial charge on any atom is 0.348 e. The third-order valence-corrected chi connectivity index (χ3v) is 6.62. The quantitative estimate of drug-likeness (QED) is 0.415. The van der Waals surface area contributed by atoms with Gasteiger partial charge in [0.25, 0.3) is 5.91 Å². The number of esters is 1. The Kier molecular flexibility index (Phi) is 5.42. The number of thiophene rings is 1. The first-order valence-corrected chi connectivity index (χ1v) is 10.7. The molecule has 7 heteroatoms. The van der Waals surface area contributed by atoms with Gasteiger partial charge in [-0.05, 0) is 43.7 Å². The molecule has 1 N–H and O–H groups in total. The number of hydrogen-bond acceptors (Lipinski definition) is 6. The second-order valence-corrected chi connectivity index (χ2v) is 8.34. The highest BCUT2D eigenvalue weighted by Crippen LogP contribution is 2.43. The zero-order valence-electron chi connectivity index (χ0n) is 15.9. The number of hydrogen-bond donors (Lipinski definition) is 1. The second kappa shape index (κ2) is 8.14. The number of rotatable bonds is 5. The van der Waals surface area contributed by atoms with Crippen LogP contribution in [0.25, 0.3) is 20.8 Å². The highest BCUT2D eigenvalue weighted by molar-refractivity contribution is 7.23. The van der Waals surface area contributed by atoms with Crippen molar-refractivity contribution in [2.45, 2.75) is 13.8 Å². The molecule has 0 aliphatic carbocycles. The van der Waals surface area contributed by atoms with Crippen molar-refractivity contribution in [2.24, 2.45) is 0 Å². The first kappa shape index (κ1) is 19.3. The van der Waals surface area contributed by atoms with Gasteiger partial charge in [0, 0.05) is 11.1 Å². The minimum atomic E-state index is -0.391. The number of carbonyl (C=O) groups excluding carboxylic acids is 2. The summed E-state index contributed by atoms with van der Waals surface area (Å²) in [6.45, 7) is 3.92. The first-order valence-electron chi connectivity index (χ1n) is 9.11. The van der Waals surface area contributed by atoms with Crippen LogP contribution < -0.4 is 5.32 Å². The third-order valence-electron chi connectivity index (χ3n) is 4.38. The Morgan fingerprint density at radius 3 is 2.48 bits per heavy atom. The number of aromatic nitrogens is 1. The van der Waals surface area contributed by atoms with Crippen molar-refractivity contribution in [2.75, 3.05) is 11.9 Å². The van der Waals surface area contributed by atoms with Crippen LogP contribution in [0.5, 0.6) is 0 Å². The van der Waals surface area contributed by atoms with Crippen LogP contribution in [-0.2, 0) is 4.74 Å². The molecule has 0 spiro atoms. The minimum absolute atomic E-state index is 0.232. The van der Waals surface area contributed by atoms with Crippen LogP contribution in [0, 0.1) is 6.92 Å². The zero-order chi connectivity index (χ0) is 20.4. The molecule has 0 aliphatic heterocycles. The van der Waals surface area contributed by atoms with E-state index in [1.807, 2.05) is 49.4 Å². The molecule has 2 aromatic heterocycles. The maximum atomic E-state index is 12.7. The molecule has 5 nitrogen and oxygen atoms in total. The van der Waals surface area contributed by atoms with Gasteiger partial charge in [0.1, 0.15) is 14.9 Å². The number of thiazole rings is 1. The Morgan fingerprint density at radius 2 is 1.76 bits per heavy atom. The summed E-state index contributed by atoms with van der Waals surface area (Å²) in [6.07, 6.45) is 0. The molecule has 0 atom stereocenters. The Morgan fingerprint density at radius 1 is 1.03 bits per heavy atom. The predicted octanol–water partition coefficient (Wildman–Crippen LogP) is 5.76. The smallest absolute Gasteiger partial charge is 0.348 e. The number of amides is 1. The lowest BCUT2D eigenvalue weighted by Gasteiger charge is -2.05. The molecule has 0 bridgehead atoms. The van der Waals surface area contributed by atoms with E-state index in [1.54, 1.807) is 19.1 Å². The summed E-state index contributed by atoms with van der Waals surface area (Å²) in [5.74, 6) is -0.623. The number of benzene rings is 2. The summed E-state index contributed by atoms with van der Waals surface area (Å²) in [5.41, 5.74) is 2.96. The van der Waals surface area contributed by atoms with Crippen LogP contribution in [0.15, 0.2) is 54.6 Å². The van der Waals surface area contributed by atoms with Crippen molar-refractivity contribution in [3.8, 4) is 10.6 Å². The monoisotopic (exact) mass is 422 g/mol.